The van der Waals surface area contributed by atoms with Gasteiger partial charge in [0.25, 0.3) is 0 Å². The van der Waals surface area contributed by atoms with E-state index in [-0.39, 0.29) is 0 Å². The summed E-state index contributed by atoms with van der Waals surface area (Å²) in [6.45, 7) is 6.53. The van der Waals surface area contributed by atoms with Crippen molar-refractivity contribution in [3.63, 3.8) is 0 Å². The Balaban J connectivity index is 0.000000199. The Morgan fingerprint density at radius 1 is 0.762 bits per heavy atom. The average molecular weight is 315 g/mol. The van der Waals surface area contributed by atoms with E-state index in [9.17, 15) is 0 Å². The molecular formula is C19H23ClSi. The molecule has 0 fully saturated rings. The fourth-order valence-electron chi connectivity index (χ4n) is 2.48. The molecule has 0 heterocycles. The Morgan fingerprint density at radius 3 is 1.29 bits per heavy atom. The molecule has 0 aliphatic heterocycles. The zero-order valence-electron chi connectivity index (χ0n) is 13.1. The van der Waals surface area contributed by atoms with Gasteiger partial charge in [-0.3, -0.25) is 0 Å². The molecular weight excluding hydrogens is 292 g/mol. The van der Waals surface area contributed by atoms with Crippen LogP contribution in [-0.2, 0) is 0 Å². The van der Waals surface area contributed by atoms with Crippen molar-refractivity contribution in [1.82, 2.24) is 0 Å². The van der Waals surface area contributed by atoms with Gasteiger partial charge in [0.2, 0.25) is 0 Å². The molecule has 0 spiro atoms. The summed E-state index contributed by atoms with van der Waals surface area (Å²) >= 11 is 5.97. The Bertz CT molecular complexity index is 608. The molecule has 0 radical (unpaired) electrons. The van der Waals surface area contributed by atoms with Gasteiger partial charge < -0.3 is 0 Å². The molecule has 0 aliphatic rings. The summed E-state index contributed by atoms with van der Waals surface area (Å²) in [5.74, 6) is 0. The van der Waals surface area contributed by atoms with Gasteiger partial charge in [0.15, 0.2) is 0 Å². The summed E-state index contributed by atoms with van der Waals surface area (Å²) in [7, 11) is -1.18. The molecule has 0 saturated heterocycles. The summed E-state index contributed by atoms with van der Waals surface area (Å²) in [5, 5.41) is 5.25. The van der Waals surface area contributed by atoms with E-state index in [4.69, 9.17) is 11.1 Å². The van der Waals surface area contributed by atoms with Crippen LogP contribution in [0.25, 0.3) is 21.5 Å². The van der Waals surface area contributed by atoms with Gasteiger partial charge in [-0.25, -0.2) is 0 Å². The molecule has 21 heavy (non-hydrogen) atoms. The standard InChI is InChI=1S/C14H10.C5H13ClSi/c1-2-6-12-10-14-8-4-3-7-13(14)9-11(12)5-1;1-4-5-7(2,3)6/h1-10H;4-5H2,1-3H3. The molecule has 0 unspecified atom stereocenters. The SMILES string of the molecule is CCC[Si](C)(C)Cl.c1ccc2cc3ccccc3cc2c1. The van der Waals surface area contributed by atoms with Crippen molar-refractivity contribution in [1.29, 1.82) is 0 Å². The maximum Gasteiger partial charge on any atom is 0.150 e. The van der Waals surface area contributed by atoms with E-state index < -0.39 is 7.38 Å². The van der Waals surface area contributed by atoms with Crippen molar-refractivity contribution >= 4 is 40.0 Å². The van der Waals surface area contributed by atoms with Crippen LogP contribution in [0.3, 0.4) is 0 Å². The monoisotopic (exact) mass is 314 g/mol. The molecule has 3 aromatic carbocycles. The second-order valence-corrected chi connectivity index (χ2v) is 13.0. The van der Waals surface area contributed by atoms with E-state index in [1.807, 2.05) is 0 Å². The van der Waals surface area contributed by atoms with Crippen molar-refractivity contribution in [3.05, 3.63) is 60.7 Å². The van der Waals surface area contributed by atoms with Gasteiger partial charge in [-0.1, -0.05) is 75.0 Å². The zero-order chi connectivity index (χ0) is 15.3. The molecule has 0 aromatic heterocycles. The minimum Gasteiger partial charge on any atom is -0.168 e. The number of halogens is 1. The first-order valence-corrected chi connectivity index (χ1v) is 11.8. The fraction of sp³-hybridized carbons (Fsp3) is 0.263. The summed E-state index contributed by atoms with van der Waals surface area (Å²) in [4.78, 5) is 0. The maximum absolute atomic E-state index is 5.97. The third-order valence-corrected chi connectivity index (χ3v) is 5.71. The van der Waals surface area contributed by atoms with Crippen molar-refractivity contribution < 1.29 is 0 Å². The third kappa shape index (κ3) is 4.87. The van der Waals surface area contributed by atoms with Crippen molar-refractivity contribution in [2.24, 2.45) is 0 Å². The highest BCUT2D eigenvalue weighted by Crippen LogP contribution is 2.22. The summed E-state index contributed by atoms with van der Waals surface area (Å²) in [6, 6.07) is 22.7. The van der Waals surface area contributed by atoms with Crippen molar-refractivity contribution in [3.8, 4) is 0 Å². The largest absolute Gasteiger partial charge is 0.168 e. The predicted octanol–water partition coefficient (Wildman–Crippen LogP) is 6.83. The first-order chi connectivity index (χ1) is 9.99. The van der Waals surface area contributed by atoms with Crippen LogP contribution >= 0.6 is 11.1 Å². The molecule has 0 N–H and O–H groups in total. The second kappa shape index (κ2) is 7.10. The number of hydrogen-bond donors (Lipinski definition) is 0. The summed E-state index contributed by atoms with van der Waals surface area (Å²) in [6.07, 6.45) is 1.24. The third-order valence-electron chi connectivity index (χ3n) is 3.46. The Labute approximate surface area is 133 Å². The molecule has 0 saturated carbocycles. The first kappa shape index (κ1) is 16.1. The minimum atomic E-state index is -1.18. The molecule has 110 valence electrons. The lowest BCUT2D eigenvalue weighted by molar-refractivity contribution is 1.06. The van der Waals surface area contributed by atoms with Crippen LogP contribution in [0, 0.1) is 0 Å². The summed E-state index contributed by atoms with van der Waals surface area (Å²) < 4.78 is 0. The normalized spacial score (nSPS) is 11.2. The fourth-order valence-corrected chi connectivity index (χ4v) is 4.23. The first-order valence-electron chi connectivity index (χ1n) is 7.56. The van der Waals surface area contributed by atoms with E-state index >= 15 is 0 Å². The van der Waals surface area contributed by atoms with Crippen LogP contribution < -0.4 is 0 Å². The van der Waals surface area contributed by atoms with Gasteiger partial charge in [-0.05, 0) is 39.7 Å². The Morgan fingerprint density at radius 2 is 1.10 bits per heavy atom. The zero-order valence-corrected chi connectivity index (χ0v) is 14.8. The molecule has 3 rings (SSSR count). The van der Waals surface area contributed by atoms with Crippen LogP contribution in [0.5, 0.6) is 0 Å². The summed E-state index contributed by atoms with van der Waals surface area (Å²) in [5.41, 5.74) is 0. The van der Waals surface area contributed by atoms with Gasteiger partial charge in [0, 0.05) is 0 Å². The Hall–Kier alpha value is -1.31. The van der Waals surface area contributed by atoms with E-state index in [2.05, 4.69) is 80.7 Å². The topological polar surface area (TPSA) is 0 Å². The molecule has 0 atom stereocenters. The van der Waals surface area contributed by atoms with Crippen LogP contribution in [0.4, 0.5) is 0 Å². The quantitative estimate of drug-likeness (QED) is 0.276. The van der Waals surface area contributed by atoms with Crippen LogP contribution in [0.1, 0.15) is 13.3 Å². The van der Waals surface area contributed by atoms with E-state index in [0.717, 1.165) is 0 Å². The number of fused-ring (bicyclic) bond motifs is 2. The van der Waals surface area contributed by atoms with Crippen molar-refractivity contribution in [2.45, 2.75) is 32.5 Å². The minimum absolute atomic E-state index is 1.18. The molecule has 0 nitrogen and oxygen atoms in total. The highest BCUT2D eigenvalue weighted by atomic mass is 35.6. The van der Waals surface area contributed by atoms with Gasteiger partial charge in [-0.2, -0.15) is 11.1 Å². The van der Waals surface area contributed by atoms with Crippen LogP contribution in [0.15, 0.2) is 60.7 Å². The number of rotatable bonds is 2. The molecule has 0 amide bonds. The van der Waals surface area contributed by atoms with E-state index in [0.29, 0.717) is 0 Å². The smallest absolute Gasteiger partial charge is 0.150 e. The molecule has 3 aromatic rings. The number of hydrogen-bond acceptors (Lipinski definition) is 0. The van der Waals surface area contributed by atoms with Crippen molar-refractivity contribution in [2.75, 3.05) is 0 Å². The molecule has 0 aliphatic carbocycles. The molecule has 2 heteroatoms. The van der Waals surface area contributed by atoms with Gasteiger partial charge in [0.1, 0.15) is 7.38 Å². The second-order valence-electron chi connectivity index (χ2n) is 6.02. The molecule has 0 bridgehead atoms. The Kier molecular flexibility index (Phi) is 5.43. The lowest BCUT2D eigenvalue weighted by Gasteiger charge is -2.08. The van der Waals surface area contributed by atoms with E-state index in [1.54, 1.807) is 0 Å². The van der Waals surface area contributed by atoms with Gasteiger partial charge in [-0.15, -0.1) is 0 Å². The highest BCUT2D eigenvalue weighted by Gasteiger charge is 2.13. The predicted molar refractivity (Wildman–Crippen MR) is 99.9 cm³/mol. The van der Waals surface area contributed by atoms with Crippen LogP contribution in [-0.4, -0.2) is 7.38 Å². The van der Waals surface area contributed by atoms with E-state index in [1.165, 1.54) is 34.0 Å². The van der Waals surface area contributed by atoms with Gasteiger partial charge >= 0.3 is 0 Å². The number of benzene rings is 3. The highest BCUT2D eigenvalue weighted by molar-refractivity contribution is 7.19. The maximum atomic E-state index is 5.97. The van der Waals surface area contributed by atoms with Gasteiger partial charge in [0.05, 0.1) is 0 Å². The van der Waals surface area contributed by atoms with Crippen LogP contribution in [0.2, 0.25) is 19.1 Å². The lowest BCUT2D eigenvalue weighted by Crippen LogP contribution is -2.14. The lowest BCUT2D eigenvalue weighted by atomic mass is 10.0. The average Bonchev–Trinajstić information content (AvgIpc) is 2.44.